The number of nitrogens with two attached hydrogens (primary N) is 1. The number of aromatic nitrogens is 2. The Bertz CT molecular complexity index is 369. The molecule has 0 radical (unpaired) electrons. The molecule has 0 amide bonds. The molecule has 0 aliphatic carbocycles. The van der Waals surface area contributed by atoms with Gasteiger partial charge in [-0.2, -0.15) is 5.10 Å². The molecule has 2 rings (SSSR count). The third kappa shape index (κ3) is 2.82. The lowest BCUT2D eigenvalue weighted by Crippen LogP contribution is -2.10. The SMILES string of the molecule is NCC#Cc1cnn(C[C@@H]2CCOC2)c1. The molecule has 1 aliphatic rings. The Morgan fingerprint density at radius 1 is 1.67 bits per heavy atom. The van der Waals surface area contributed by atoms with Gasteiger partial charge in [0, 0.05) is 25.3 Å². The number of ether oxygens (including phenoxy) is 1. The summed E-state index contributed by atoms with van der Waals surface area (Å²) in [6.07, 6.45) is 4.86. The van der Waals surface area contributed by atoms with Crippen LogP contribution in [0.2, 0.25) is 0 Å². The minimum atomic E-state index is 0.391. The lowest BCUT2D eigenvalue weighted by molar-refractivity contribution is 0.181. The van der Waals surface area contributed by atoms with E-state index in [9.17, 15) is 0 Å². The molecule has 1 aromatic heterocycles. The van der Waals surface area contributed by atoms with Crippen LogP contribution in [-0.4, -0.2) is 29.5 Å². The molecular weight excluding hydrogens is 190 g/mol. The van der Waals surface area contributed by atoms with Crippen molar-refractivity contribution < 1.29 is 4.74 Å². The predicted octanol–water partition coefficient (Wildman–Crippen LogP) is 0.230. The Balaban J connectivity index is 1.94. The van der Waals surface area contributed by atoms with Crippen LogP contribution >= 0.6 is 0 Å². The number of hydrogen-bond donors (Lipinski definition) is 1. The van der Waals surface area contributed by atoms with E-state index in [4.69, 9.17) is 10.5 Å². The van der Waals surface area contributed by atoms with Gasteiger partial charge in [-0.25, -0.2) is 0 Å². The Hall–Kier alpha value is -1.31. The number of nitrogens with zero attached hydrogens (tertiary/aromatic N) is 2. The standard InChI is InChI=1S/C11H15N3O/c12-4-1-2-10-6-13-14(7-10)8-11-3-5-15-9-11/h6-7,11H,3-5,8-9,12H2/t11-/m0/s1. The fraction of sp³-hybridized carbons (Fsp3) is 0.545. The fourth-order valence-corrected chi connectivity index (χ4v) is 1.67. The van der Waals surface area contributed by atoms with Crippen molar-refractivity contribution >= 4 is 0 Å². The second-order valence-corrected chi connectivity index (χ2v) is 3.69. The van der Waals surface area contributed by atoms with Gasteiger partial charge in [0.25, 0.3) is 0 Å². The van der Waals surface area contributed by atoms with Crippen molar-refractivity contribution in [3.05, 3.63) is 18.0 Å². The van der Waals surface area contributed by atoms with Crippen molar-refractivity contribution in [1.82, 2.24) is 9.78 Å². The lowest BCUT2D eigenvalue weighted by atomic mass is 10.1. The minimum absolute atomic E-state index is 0.391. The zero-order valence-corrected chi connectivity index (χ0v) is 8.65. The molecule has 0 aromatic carbocycles. The molecule has 15 heavy (non-hydrogen) atoms. The second kappa shape index (κ2) is 4.96. The average molecular weight is 205 g/mol. The van der Waals surface area contributed by atoms with Gasteiger partial charge in [-0.15, -0.1) is 0 Å². The summed E-state index contributed by atoms with van der Waals surface area (Å²) in [6.45, 7) is 3.04. The van der Waals surface area contributed by atoms with E-state index < -0.39 is 0 Å². The summed E-state index contributed by atoms with van der Waals surface area (Å²) in [5, 5.41) is 4.25. The maximum Gasteiger partial charge on any atom is 0.0646 e. The summed E-state index contributed by atoms with van der Waals surface area (Å²) in [6, 6.07) is 0. The first-order valence-corrected chi connectivity index (χ1v) is 5.17. The molecule has 1 saturated heterocycles. The summed E-state index contributed by atoms with van der Waals surface area (Å²) in [4.78, 5) is 0. The molecule has 1 atom stereocenters. The van der Waals surface area contributed by atoms with Crippen LogP contribution in [0.4, 0.5) is 0 Å². The van der Waals surface area contributed by atoms with Crippen molar-refractivity contribution in [1.29, 1.82) is 0 Å². The van der Waals surface area contributed by atoms with Gasteiger partial charge in [0.15, 0.2) is 0 Å². The molecule has 0 spiro atoms. The Morgan fingerprint density at radius 3 is 3.33 bits per heavy atom. The van der Waals surface area contributed by atoms with Gasteiger partial charge in [0.1, 0.15) is 0 Å². The number of rotatable bonds is 2. The highest BCUT2D eigenvalue weighted by Gasteiger charge is 2.16. The third-order valence-electron chi connectivity index (χ3n) is 2.44. The van der Waals surface area contributed by atoms with Crippen molar-refractivity contribution in [2.75, 3.05) is 19.8 Å². The van der Waals surface area contributed by atoms with Crippen LogP contribution in [0.15, 0.2) is 12.4 Å². The van der Waals surface area contributed by atoms with Gasteiger partial charge in [0.2, 0.25) is 0 Å². The highest BCUT2D eigenvalue weighted by atomic mass is 16.5. The highest BCUT2D eigenvalue weighted by molar-refractivity contribution is 5.29. The summed E-state index contributed by atoms with van der Waals surface area (Å²) in [7, 11) is 0. The molecular formula is C11H15N3O. The average Bonchev–Trinajstić information content (AvgIpc) is 2.87. The molecule has 80 valence electrons. The van der Waals surface area contributed by atoms with Gasteiger partial charge < -0.3 is 10.5 Å². The summed E-state index contributed by atoms with van der Waals surface area (Å²) < 4.78 is 7.25. The van der Waals surface area contributed by atoms with E-state index >= 15 is 0 Å². The van der Waals surface area contributed by atoms with Crippen LogP contribution in [0.1, 0.15) is 12.0 Å². The van der Waals surface area contributed by atoms with Crippen LogP contribution < -0.4 is 5.73 Å². The van der Waals surface area contributed by atoms with Gasteiger partial charge in [0.05, 0.1) is 24.9 Å². The first kappa shape index (κ1) is 10.2. The topological polar surface area (TPSA) is 53.1 Å². The minimum Gasteiger partial charge on any atom is -0.381 e. The van der Waals surface area contributed by atoms with E-state index in [2.05, 4.69) is 16.9 Å². The van der Waals surface area contributed by atoms with Gasteiger partial charge in [-0.1, -0.05) is 11.8 Å². The van der Waals surface area contributed by atoms with Gasteiger partial charge in [-0.05, 0) is 6.42 Å². The van der Waals surface area contributed by atoms with Crippen molar-refractivity contribution in [2.45, 2.75) is 13.0 Å². The highest BCUT2D eigenvalue weighted by Crippen LogP contribution is 2.14. The Labute approximate surface area is 89.4 Å². The monoisotopic (exact) mass is 205 g/mol. The van der Waals surface area contributed by atoms with Crippen LogP contribution in [0, 0.1) is 17.8 Å². The number of hydrogen-bond acceptors (Lipinski definition) is 3. The normalized spacial score (nSPS) is 19.9. The summed E-state index contributed by atoms with van der Waals surface area (Å²) in [5.41, 5.74) is 6.23. The maximum absolute atomic E-state index is 5.32. The van der Waals surface area contributed by atoms with E-state index in [-0.39, 0.29) is 0 Å². The molecule has 0 bridgehead atoms. The molecule has 0 saturated carbocycles. The smallest absolute Gasteiger partial charge is 0.0646 e. The van der Waals surface area contributed by atoms with Gasteiger partial charge in [-0.3, -0.25) is 4.68 Å². The Morgan fingerprint density at radius 2 is 2.60 bits per heavy atom. The molecule has 1 fully saturated rings. The van der Waals surface area contributed by atoms with Crippen molar-refractivity contribution in [3.8, 4) is 11.8 Å². The predicted molar refractivity (Wildman–Crippen MR) is 57.1 cm³/mol. The largest absolute Gasteiger partial charge is 0.381 e. The van der Waals surface area contributed by atoms with Gasteiger partial charge >= 0.3 is 0 Å². The Kier molecular flexibility index (Phi) is 3.38. The zero-order chi connectivity index (χ0) is 10.5. The van der Waals surface area contributed by atoms with Crippen molar-refractivity contribution in [2.24, 2.45) is 11.7 Å². The maximum atomic E-state index is 5.32. The summed E-state index contributed by atoms with van der Waals surface area (Å²) >= 11 is 0. The van der Waals surface area contributed by atoms with E-state index in [1.807, 2.05) is 10.9 Å². The van der Waals surface area contributed by atoms with Crippen LogP contribution in [0.5, 0.6) is 0 Å². The van der Waals surface area contributed by atoms with Crippen molar-refractivity contribution in [3.63, 3.8) is 0 Å². The van der Waals surface area contributed by atoms with Crippen LogP contribution in [0.25, 0.3) is 0 Å². The molecule has 1 aromatic rings. The third-order valence-corrected chi connectivity index (χ3v) is 2.44. The van der Waals surface area contributed by atoms with E-state index in [1.165, 1.54) is 0 Å². The van der Waals surface area contributed by atoms with Crippen LogP contribution in [-0.2, 0) is 11.3 Å². The molecule has 2 heterocycles. The molecule has 2 N–H and O–H groups in total. The molecule has 0 unspecified atom stereocenters. The van der Waals surface area contributed by atoms with E-state index in [0.29, 0.717) is 12.5 Å². The molecule has 4 nitrogen and oxygen atoms in total. The molecule has 1 aliphatic heterocycles. The molecule has 4 heteroatoms. The first-order chi connectivity index (χ1) is 7.38. The second-order valence-electron chi connectivity index (χ2n) is 3.69. The fourth-order valence-electron chi connectivity index (χ4n) is 1.67. The lowest BCUT2D eigenvalue weighted by Gasteiger charge is -2.06. The van der Waals surface area contributed by atoms with E-state index in [0.717, 1.165) is 31.7 Å². The van der Waals surface area contributed by atoms with Crippen LogP contribution in [0.3, 0.4) is 0 Å². The summed E-state index contributed by atoms with van der Waals surface area (Å²) in [5.74, 6) is 6.37. The first-order valence-electron chi connectivity index (χ1n) is 5.17. The quantitative estimate of drug-likeness (QED) is 0.703. The van der Waals surface area contributed by atoms with E-state index in [1.54, 1.807) is 6.20 Å². The zero-order valence-electron chi connectivity index (χ0n) is 8.65.